The molecule has 0 saturated carbocycles. The molecule has 2 heterocycles. The number of aromatic nitrogens is 2. The van der Waals surface area contributed by atoms with E-state index in [1.54, 1.807) is 12.1 Å². The van der Waals surface area contributed by atoms with Gasteiger partial charge in [0.1, 0.15) is 11.4 Å². The molecule has 2 aromatic rings. The number of nitrogens with one attached hydrogen (secondary N) is 1. The molecule has 0 aliphatic rings. The predicted molar refractivity (Wildman–Crippen MR) is 53.7 cm³/mol. The smallest absolute Gasteiger partial charge is 0.260 e. The molecule has 0 atom stereocenters. The second-order valence-electron chi connectivity index (χ2n) is 2.68. The van der Waals surface area contributed by atoms with E-state index in [0.717, 1.165) is 0 Å². The second-order valence-corrected chi connectivity index (χ2v) is 3.04. The molecular formula is C9H6ClN3O2. The van der Waals surface area contributed by atoms with Crippen LogP contribution in [0.15, 0.2) is 35.2 Å². The molecule has 5 nitrogen and oxygen atoms in total. The first-order chi connectivity index (χ1) is 7.27. The topological polar surface area (TPSA) is 68.0 Å². The Morgan fingerprint density at radius 2 is 2.33 bits per heavy atom. The quantitative estimate of drug-likeness (QED) is 0.791. The van der Waals surface area contributed by atoms with Gasteiger partial charge in [-0.25, -0.2) is 4.98 Å². The van der Waals surface area contributed by atoms with Crippen molar-refractivity contribution in [3.8, 4) is 0 Å². The van der Waals surface area contributed by atoms with Crippen LogP contribution in [0.5, 0.6) is 0 Å². The maximum Gasteiger partial charge on any atom is 0.260 e. The fourth-order valence-electron chi connectivity index (χ4n) is 1.02. The molecule has 0 aliphatic heterocycles. The van der Waals surface area contributed by atoms with Crippen molar-refractivity contribution in [2.45, 2.75) is 0 Å². The summed E-state index contributed by atoms with van der Waals surface area (Å²) in [5, 5.41) is 6.20. The van der Waals surface area contributed by atoms with E-state index in [1.165, 1.54) is 18.5 Å². The minimum Gasteiger partial charge on any atom is -0.363 e. The van der Waals surface area contributed by atoms with Gasteiger partial charge >= 0.3 is 0 Å². The highest BCUT2D eigenvalue weighted by atomic mass is 35.5. The summed E-state index contributed by atoms with van der Waals surface area (Å²) in [7, 11) is 0. The summed E-state index contributed by atoms with van der Waals surface area (Å²) in [6, 6.07) is 4.73. The van der Waals surface area contributed by atoms with Gasteiger partial charge in [-0.2, -0.15) is 0 Å². The zero-order valence-corrected chi connectivity index (χ0v) is 8.23. The van der Waals surface area contributed by atoms with Crippen molar-refractivity contribution < 1.29 is 9.32 Å². The maximum absolute atomic E-state index is 11.6. The van der Waals surface area contributed by atoms with E-state index in [4.69, 9.17) is 11.6 Å². The Balaban J connectivity index is 2.19. The molecule has 0 aliphatic carbocycles. The summed E-state index contributed by atoms with van der Waals surface area (Å²) in [6.07, 6.45) is 2.87. The zero-order chi connectivity index (χ0) is 10.7. The first kappa shape index (κ1) is 9.67. The minimum absolute atomic E-state index is 0.151. The fraction of sp³-hybridized carbons (Fsp3) is 0. The Morgan fingerprint density at radius 3 is 3.00 bits per heavy atom. The van der Waals surface area contributed by atoms with Gasteiger partial charge in [0.15, 0.2) is 5.82 Å². The van der Waals surface area contributed by atoms with E-state index in [2.05, 4.69) is 20.0 Å². The van der Waals surface area contributed by atoms with Crippen LogP contribution in [0.3, 0.4) is 0 Å². The second kappa shape index (κ2) is 4.10. The molecule has 0 fully saturated rings. The summed E-state index contributed by atoms with van der Waals surface area (Å²) in [6.45, 7) is 0. The molecule has 0 spiro atoms. The van der Waals surface area contributed by atoms with Crippen LogP contribution in [0.4, 0.5) is 5.82 Å². The summed E-state index contributed by atoms with van der Waals surface area (Å²) < 4.78 is 4.57. The molecule has 0 unspecified atom stereocenters. The molecule has 0 radical (unpaired) electrons. The number of hydrogen-bond donors (Lipinski definition) is 1. The molecule has 76 valence electrons. The molecule has 6 heteroatoms. The summed E-state index contributed by atoms with van der Waals surface area (Å²) in [4.78, 5) is 15.4. The van der Waals surface area contributed by atoms with Crippen molar-refractivity contribution in [1.29, 1.82) is 0 Å². The van der Waals surface area contributed by atoms with Gasteiger partial charge in [-0.1, -0.05) is 16.8 Å². The van der Waals surface area contributed by atoms with Gasteiger partial charge in [-0.15, -0.1) is 0 Å². The number of carbonyl (C=O) groups excluding carboxylic acids is 1. The van der Waals surface area contributed by atoms with E-state index in [0.29, 0.717) is 11.4 Å². The van der Waals surface area contributed by atoms with Crippen molar-refractivity contribution in [3.63, 3.8) is 0 Å². The van der Waals surface area contributed by atoms with Gasteiger partial charge in [0.05, 0.1) is 5.56 Å². The van der Waals surface area contributed by atoms with Crippen LogP contribution in [-0.2, 0) is 0 Å². The molecule has 0 aromatic carbocycles. The molecule has 1 N–H and O–H groups in total. The van der Waals surface area contributed by atoms with Crippen LogP contribution in [0, 0.1) is 0 Å². The van der Waals surface area contributed by atoms with Crippen molar-refractivity contribution in [2.75, 3.05) is 5.32 Å². The largest absolute Gasteiger partial charge is 0.363 e. The number of pyridine rings is 1. The summed E-state index contributed by atoms with van der Waals surface area (Å²) in [5.74, 6) is -0.0399. The molecule has 2 aromatic heterocycles. The fourth-order valence-corrected chi connectivity index (χ4v) is 1.22. The first-order valence-corrected chi connectivity index (χ1v) is 4.47. The van der Waals surface area contributed by atoms with Crippen molar-refractivity contribution in [3.05, 3.63) is 41.4 Å². The predicted octanol–water partition coefficient (Wildman–Crippen LogP) is 1.98. The van der Waals surface area contributed by atoms with Crippen molar-refractivity contribution >= 4 is 23.3 Å². The van der Waals surface area contributed by atoms with Crippen molar-refractivity contribution in [2.24, 2.45) is 0 Å². The highest BCUT2D eigenvalue weighted by molar-refractivity contribution is 6.33. The van der Waals surface area contributed by atoms with Crippen molar-refractivity contribution in [1.82, 2.24) is 10.1 Å². The molecular weight excluding hydrogens is 218 g/mol. The average Bonchev–Trinajstić information content (AvgIpc) is 2.71. The molecule has 1 amide bonds. The normalized spacial score (nSPS) is 9.93. The minimum atomic E-state index is -0.373. The SMILES string of the molecule is O=C(Nc1ccon1)c1cccnc1Cl. The van der Waals surface area contributed by atoms with Crippen LogP contribution in [0.25, 0.3) is 0 Å². The Bertz CT molecular complexity index is 470. The van der Waals surface area contributed by atoms with E-state index in [1.807, 2.05) is 0 Å². The summed E-state index contributed by atoms with van der Waals surface area (Å²) >= 11 is 5.74. The molecule has 15 heavy (non-hydrogen) atoms. The zero-order valence-electron chi connectivity index (χ0n) is 7.48. The van der Waals surface area contributed by atoms with E-state index >= 15 is 0 Å². The molecule has 0 saturated heterocycles. The lowest BCUT2D eigenvalue weighted by atomic mass is 10.3. The lowest BCUT2D eigenvalue weighted by Gasteiger charge is -2.01. The van der Waals surface area contributed by atoms with E-state index < -0.39 is 0 Å². The lowest BCUT2D eigenvalue weighted by Crippen LogP contribution is -2.12. The number of halogens is 1. The van der Waals surface area contributed by atoms with Gasteiger partial charge in [0.2, 0.25) is 0 Å². The highest BCUT2D eigenvalue weighted by Crippen LogP contribution is 2.13. The number of amides is 1. The number of nitrogens with zero attached hydrogens (tertiary/aromatic N) is 2. The van der Waals surface area contributed by atoms with E-state index in [-0.39, 0.29) is 11.1 Å². The Labute approximate surface area is 90.1 Å². The van der Waals surface area contributed by atoms with Crippen LogP contribution in [0.2, 0.25) is 5.15 Å². The van der Waals surface area contributed by atoms with Crippen LogP contribution < -0.4 is 5.32 Å². The maximum atomic E-state index is 11.6. The number of hydrogen-bond acceptors (Lipinski definition) is 4. The van der Waals surface area contributed by atoms with Crippen LogP contribution >= 0.6 is 11.6 Å². The summed E-state index contributed by atoms with van der Waals surface area (Å²) in [5.41, 5.74) is 0.294. The van der Waals surface area contributed by atoms with Gasteiger partial charge < -0.3 is 9.84 Å². The van der Waals surface area contributed by atoms with Gasteiger partial charge in [-0.05, 0) is 12.1 Å². The first-order valence-electron chi connectivity index (χ1n) is 4.09. The van der Waals surface area contributed by atoms with Crippen LogP contribution in [0.1, 0.15) is 10.4 Å². The standard InChI is InChI=1S/C9H6ClN3O2/c10-8-6(2-1-4-11-8)9(14)12-7-3-5-15-13-7/h1-5H,(H,12,13,14). The van der Waals surface area contributed by atoms with Gasteiger partial charge in [0.25, 0.3) is 5.91 Å². The van der Waals surface area contributed by atoms with Gasteiger partial charge in [0, 0.05) is 12.3 Å². The third-order valence-electron chi connectivity index (χ3n) is 1.68. The number of anilines is 1. The number of rotatable bonds is 2. The average molecular weight is 224 g/mol. The monoisotopic (exact) mass is 223 g/mol. The lowest BCUT2D eigenvalue weighted by molar-refractivity contribution is 0.102. The van der Waals surface area contributed by atoms with E-state index in [9.17, 15) is 4.79 Å². The molecule has 2 rings (SSSR count). The van der Waals surface area contributed by atoms with Gasteiger partial charge in [-0.3, -0.25) is 4.79 Å². The third kappa shape index (κ3) is 2.13. The van der Waals surface area contributed by atoms with Crippen LogP contribution in [-0.4, -0.2) is 16.0 Å². The highest BCUT2D eigenvalue weighted by Gasteiger charge is 2.11. The molecule has 0 bridgehead atoms. The Kier molecular flexibility index (Phi) is 2.64. The Hall–Kier alpha value is -1.88. The number of carbonyl (C=O) groups is 1. The third-order valence-corrected chi connectivity index (χ3v) is 1.98. The Morgan fingerprint density at radius 1 is 1.47 bits per heavy atom.